The van der Waals surface area contributed by atoms with Crippen molar-refractivity contribution < 1.29 is 43.4 Å². The molecule has 0 unspecified atom stereocenters. The zero-order chi connectivity index (χ0) is 41.7. The molecule has 0 aromatic heterocycles. The molecule has 5 fully saturated rings. The van der Waals surface area contributed by atoms with E-state index in [2.05, 4.69) is 64.7 Å². The Kier molecular flexibility index (Phi) is 27.2. The number of piperidine rings is 3. The van der Waals surface area contributed by atoms with E-state index in [1.807, 2.05) is 67.2 Å². The van der Waals surface area contributed by atoms with Crippen LogP contribution in [0.5, 0.6) is 0 Å². The number of nitrogens with zero attached hydrogens (tertiary/aromatic N) is 3. The van der Waals surface area contributed by atoms with E-state index in [4.69, 9.17) is 14.2 Å². The van der Waals surface area contributed by atoms with Gasteiger partial charge in [-0.1, -0.05) is 89.9 Å². The molecule has 0 spiro atoms. The second kappa shape index (κ2) is 28.0. The number of amides is 3. The van der Waals surface area contributed by atoms with Gasteiger partial charge in [0.05, 0.1) is 0 Å². The van der Waals surface area contributed by atoms with E-state index in [0.29, 0.717) is 3.92 Å². The third-order valence-electron chi connectivity index (χ3n) is 9.98. The van der Waals surface area contributed by atoms with E-state index in [0.717, 1.165) is 81.6 Å². The second-order valence-electron chi connectivity index (χ2n) is 18.4. The third-order valence-corrected chi connectivity index (χ3v) is 12.1. The molecule has 3 saturated heterocycles. The van der Waals surface area contributed by atoms with Crippen LogP contribution in [0.4, 0.5) is 14.4 Å². The second-order valence-corrected chi connectivity index (χ2v) is 21.5. The van der Waals surface area contributed by atoms with Crippen LogP contribution in [0.15, 0.2) is 0 Å². The Morgan fingerprint density at radius 1 is 0.527 bits per heavy atom. The zero-order valence-corrected chi connectivity index (χ0v) is 44.9. The van der Waals surface area contributed by atoms with Crippen molar-refractivity contribution in [3.8, 4) is 0 Å². The first-order valence-corrected chi connectivity index (χ1v) is 32.2. The summed E-state index contributed by atoms with van der Waals surface area (Å²) in [5, 5.41) is 0. The average molecular weight is 1120 g/mol. The van der Waals surface area contributed by atoms with E-state index in [-0.39, 0.29) is 35.1 Å². The molecule has 0 atom stereocenters. The van der Waals surface area contributed by atoms with Gasteiger partial charge in [0.2, 0.25) is 0 Å². The molecule has 0 aromatic rings. The number of hydrogen-bond acceptors (Lipinski definition) is 6. The summed E-state index contributed by atoms with van der Waals surface area (Å²) in [4.78, 5) is 41.4. The van der Waals surface area contributed by atoms with E-state index < -0.39 is 0 Å². The van der Waals surface area contributed by atoms with Gasteiger partial charge >= 0.3 is 52.8 Å². The van der Waals surface area contributed by atoms with Gasteiger partial charge in [-0.15, -0.1) is 0 Å². The van der Waals surface area contributed by atoms with Gasteiger partial charge in [0.25, 0.3) is 0 Å². The summed E-state index contributed by atoms with van der Waals surface area (Å²) >= 11 is 9.65. The maximum atomic E-state index is 12.0. The van der Waals surface area contributed by atoms with Crippen LogP contribution in [-0.2, 0) is 29.0 Å². The van der Waals surface area contributed by atoms with Crippen LogP contribution in [-0.4, -0.2) is 97.8 Å². The number of likely N-dealkylation sites (tertiary alicyclic amines) is 3. The Hall–Kier alpha value is 0.373. The molecular formula is C42H76BrI2N3O6Zn. The molecule has 2 saturated carbocycles. The summed E-state index contributed by atoms with van der Waals surface area (Å²) in [5.41, 5.74) is -1.13. The van der Waals surface area contributed by atoms with Crippen molar-refractivity contribution in [3.05, 3.63) is 6.42 Å². The van der Waals surface area contributed by atoms with Crippen molar-refractivity contribution in [2.24, 2.45) is 11.8 Å². The molecule has 13 heteroatoms. The Balaban J connectivity index is 0.000000377. The molecule has 55 heavy (non-hydrogen) atoms. The summed E-state index contributed by atoms with van der Waals surface area (Å²) in [6.45, 7) is 22.2. The first-order valence-electron chi connectivity index (χ1n) is 21.0. The fourth-order valence-corrected chi connectivity index (χ4v) is 8.36. The van der Waals surface area contributed by atoms with E-state index in [1.54, 1.807) is 9.80 Å². The van der Waals surface area contributed by atoms with E-state index in [1.165, 1.54) is 91.8 Å². The van der Waals surface area contributed by atoms with Crippen LogP contribution in [0.2, 0.25) is 0 Å². The topological polar surface area (TPSA) is 88.6 Å². The summed E-state index contributed by atoms with van der Waals surface area (Å²) in [5.74, 6) is 1.77. The van der Waals surface area contributed by atoms with Crippen molar-refractivity contribution in [3.63, 3.8) is 0 Å². The molecular weight excluding hydrogens is 1040 g/mol. The Labute approximate surface area is 379 Å². The molecule has 0 N–H and O–H groups in total. The Bertz CT molecular complexity index is 1050. The van der Waals surface area contributed by atoms with Crippen LogP contribution in [0.25, 0.3) is 0 Å². The number of carbonyl (C=O) groups excluding carboxylic acids is 3. The van der Waals surface area contributed by atoms with Gasteiger partial charge in [-0.2, -0.15) is 12.8 Å². The SMILES string of the molecule is BrC1CCCCC1.CC(C)(C)OC(=O)N1CCC(C2CCCCC2)CC1.CC(C)(C)OC(=O)N1CCC(I)CC1.CC(C)(C)OC(=O)N1CC[CH-]CC1.[Zn+][I]. The molecule has 3 amide bonds. The number of rotatable bonds is 1. The van der Waals surface area contributed by atoms with Crippen LogP contribution in [0.1, 0.15) is 165 Å². The molecule has 2 aliphatic carbocycles. The summed E-state index contributed by atoms with van der Waals surface area (Å²) < 4.78 is 16.7. The molecule has 5 rings (SSSR count). The summed E-state index contributed by atoms with van der Waals surface area (Å²) in [7, 11) is 0. The van der Waals surface area contributed by atoms with Gasteiger partial charge in [0, 0.05) is 34.9 Å². The van der Waals surface area contributed by atoms with Gasteiger partial charge in [-0.05, 0) is 126 Å². The standard InChI is InChI=1S/C16H29NO2.C10H18INO2.C10H18NO2.C6H11Br.HI.Zn/c1-16(2,3)19-15(18)17-11-9-14(10-12-17)13-7-5-4-6-8-13;1-10(2,3)14-9(13)12-6-4-8(11)5-7-12;1-10(2,3)13-9(12)11-7-5-4-6-8-11;7-6-4-2-1-3-5-6;;/h13-14H,4-12H2,1-3H3;8H,4-7H2,1-3H3;4H,5-8H2,1-3H3;6H,1-5H2;1H;/q;;-1;;;+2/p-1. The van der Waals surface area contributed by atoms with Crippen LogP contribution in [0, 0.1) is 18.3 Å². The van der Waals surface area contributed by atoms with Gasteiger partial charge in [0.15, 0.2) is 0 Å². The molecule has 0 aromatic carbocycles. The quantitative estimate of drug-likeness (QED) is 0.0855. The van der Waals surface area contributed by atoms with Crippen LogP contribution in [0.3, 0.4) is 0 Å². The Morgan fingerprint density at radius 2 is 0.836 bits per heavy atom. The van der Waals surface area contributed by atoms with Crippen molar-refractivity contribution in [2.45, 2.75) is 191 Å². The number of carbonyl (C=O) groups is 3. The zero-order valence-electron chi connectivity index (χ0n) is 36.1. The fourth-order valence-electron chi connectivity index (χ4n) is 7.15. The number of ether oxygens (including phenoxy) is 3. The molecule has 5 aliphatic rings. The molecule has 9 nitrogen and oxygen atoms in total. The van der Waals surface area contributed by atoms with E-state index >= 15 is 0 Å². The predicted molar refractivity (Wildman–Crippen MR) is 243 cm³/mol. The molecule has 0 radical (unpaired) electrons. The van der Waals surface area contributed by atoms with Gasteiger partial charge < -0.3 is 35.3 Å². The van der Waals surface area contributed by atoms with E-state index in [9.17, 15) is 14.4 Å². The first-order chi connectivity index (χ1) is 25.7. The van der Waals surface area contributed by atoms with Crippen LogP contribution >= 0.6 is 58.3 Å². The van der Waals surface area contributed by atoms with Gasteiger partial charge in [-0.25, -0.2) is 14.4 Å². The minimum absolute atomic E-state index is 0.130. The summed E-state index contributed by atoms with van der Waals surface area (Å²) in [6.07, 6.45) is 22.4. The normalized spacial score (nSPS) is 20.8. The fraction of sp³-hybridized carbons (Fsp3) is 0.905. The monoisotopic (exact) mass is 1120 g/mol. The first kappa shape index (κ1) is 53.4. The maximum absolute atomic E-state index is 12.0. The third kappa shape index (κ3) is 26.3. The van der Waals surface area contributed by atoms with Crippen LogP contribution < -0.4 is 0 Å². The number of halogens is 3. The molecule has 3 heterocycles. The van der Waals surface area contributed by atoms with Crippen molar-refractivity contribution in [1.29, 1.82) is 0 Å². The van der Waals surface area contributed by atoms with Gasteiger partial charge in [-0.3, -0.25) is 0 Å². The van der Waals surface area contributed by atoms with Gasteiger partial charge in [0.1, 0.15) is 16.8 Å². The van der Waals surface area contributed by atoms with Crippen molar-refractivity contribution in [1.82, 2.24) is 14.7 Å². The van der Waals surface area contributed by atoms with Crippen molar-refractivity contribution >= 4 is 76.6 Å². The van der Waals surface area contributed by atoms with Crippen molar-refractivity contribution in [2.75, 3.05) is 39.3 Å². The molecule has 0 bridgehead atoms. The minimum atomic E-state index is -0.378. The average Bonchev–Trinajstić information content (AvgIpc) is 3.13. The molecule has 318 valence electrons. The number of alkyl halides is 2. The number of hydrogen-bond donors (Lipinski definition) is 0. The predicted octanol–water partition coefficient (Wildman–Crippen LogP) is 12.9. The Morgan fingerprint density at radius 3 is 1.16 bits per heavy atom. The molecule has 3 aliphatic heterocycles. The summed E-state index contributed by atoms with van der Waals surface area (Å²) in [6, 6.07) is 0.